The second-order valence-corrected chi connectivity index (χ2v) is 5.27. The van der Waals surface area contributed by atoms with Crippen molar-refractivity contribution in [3.05, 3.63) is 58.1 Å². The number of nitro groups is 1. The van der Waals surface area contributed by atoms with Crippen molar-refractivity contribution in [1.29, 1.82) is 5.26 Å². The molecular weight excluding hydrogens is 370 g/mol. The number of non-ortho nitro benzene ring substituents is 1. The second-order valence-electron chi connectivity index (χ2n) is 5.27. The number of nitro benzene ring substituents is 1. The van der Waals surface area contributed by atoms with E-state index < -0.39 is 30.0 Å². The van der Waals surface area contributed by atoms with Crippen LogP contribution in [0.15, 0.2) is 42.5 Å². The number of amides is 1. The maximum atomic E-state index is 11.9. The number of anilines is 1. The fraction of sp³-hybridized carbons (Fsp3) is 0.167. The number of carbonyl (C=O) groups excluding carboxylic acids is 2. The van der Waals surface area contributed by atoms with Crippen LogP contribution in [0, 0.1) is 21.4 Å². The molecule has 0 radical (unpaired) electrons. The van der Waals surface area contributed by atoms with Gasteiger partial charge in [0.1, 0.15) is 17.6 Å². The first-order valence-electron chi connectivity index (χ1n) is 7.84. The van der Waals surface area contributed by atoms with Gasteiger partial charge in [-0.1, -0.05) is 0 Å². The van der Waals surface area contributed by atoms with Crippen molar-refractivity contribution >= 4 is 23.3 Å². The molecule has 0 aliphatic rings. The highest BCUT2D eigenvalue weighted by Gasteiger charge is 2.14. The van der Waals surface area contributed by atoms with E-state index in [1.165, 1.54) is 13.2 Å². The Kier molecular flexibility index (Phi) is 6.87. The number of nitriles is 1. The molecule has 10 nitrogen and oxygen atoms in total. The van der Waals surface area contributed by atoms with Crippen LogP contribution in [0.5, 0.6) is 11.5 Å². The van der Waals surface area contributed by atoms with Crippen molar-refractivity contribution in [2.45, 2.75) is 0 Å². The highest BCUT2D eigenvalue weighted by molar-refractivity contribution is 5.94. The van der Waals surface area contributed by atoms with Gasteiger partial charge < -0.3 is 19.5 Å². The number of benzene rings is 2. The van der Waals surface area contributed by atoms with Gasteiger partial charge in [0.15, 0.2) is 13.2 Å². The Bertz CT molecular complexity index is 920. The number of esters is 1. The van der Waals surface area contributed by atoms with Crippen LogP contribution in [-0.2, 0) is 14.3 Å². The standard InChI is InChI=1S/C18H15N3O7/c1-26-14-3-5-15(6-4-14)27-11-18(23)28-10-17(22)20-16-7-2-13(21(24)25)8-12(16)9-19/h2-8H,10-11H2,1H3,(H,20,22). The van der Waals surface area contributed by atoms with E-state index in [1.54, 1.807) is 30.3 Å². The molecule has 0 heterocycles. The van der Waals surface area contributed by atoms with Gasteiger partial charge in [0.2, 0.25) is 0 Å². The average molecular weight is 385 g/mol. The fourth-order valence-corrected chi connectivity index (χ4v) is 2.04. The molecule has 0 aliphatic carbocycles. The average Bonchev–Trinajstić information content (AvgIpc) is 2.71. The van der Waals surface area contributed by atoms with Crippen LogP contribution in [0.1, 0.15) is 5.56 Å². The van der Waals surface area contributed by atoms with Gasteiger partial charge >= 0.3 is 5.97 Å². The molecule has 28 heavy (non-hydrogen) atoms. The minimum absolute atomic E-state index is 0.0728. The summed E-state index contributed by atoms with van der Waals surface area (Å²) in [6.45, 7) is -1.01. The van der Waals surface area contributed by atoms with Crippen LogP contribution in [-0.4, -0.2) is 37.1 Å². The summed E-state index contributed by atoms with van der Waals surface area (Å²) in [5.74, 6) is -0.417. The highest BCUT2D eigenvalue weighted by atomic mass is 16.6. The number of rotatable bonds is 8. The Hall–Kier alpha value is -4.13. The molecule has 0 aliphatic heterocycles. The second kappa shape index (κ2) is 9.54. The number of ether oxygens (including phenoxy) is 3. The van der Waals surface area contributed by atoms with E-state index in [2.05, 4.69) is 5.32 Å². The Morgan fingerprint density at radius 3 is 2.43 bits per heavy atom. The third-order valence-corrected chi connectivity index (χ3v) is 3.39. The summed E-state index contributed by atoms with van der Waals surface area (Å²) in [5, 5.41) is 22.1. The summed E-state index contributed by atoms with van der Waals surface area (Å²) < 4.78 is 15.0. The van der Waals surface area contributed by atoms with Crippen LogP contribution in [0.3, 0.4) is 0 Å². The van der Waals surface area contributed by atoms with Crippen molar-refractivity contribution in [2.75, 3.05) is 25.6 Å². The lowest BCUT2D eigenvalue weighted by atomic mass is 10.1. The number of methoxy groups -OCH3 is 1. The summed E-state index contributed by atoms with van der Waals surface area (Å²) in [5.41, 5.74) is -0.294. The van der Waals surface area contributed by atoms with E-state index >= 15 is 0 Å². The maximum absolute atomic E-state index is 11.9. The first-order chi connectivity index (χ1) is 13.4. The molecule has 1 N–H and O–H groups in total. The molecule has 0 unspecified atom stereocenters. The zero-order valence-electron chi connectivity index (χ0n) is 14.7. The number of hydrogen-bond donors (Lipinski definition) is 1. The Balaban J connectivity index is 1.82. The third-order valence-electron chi connectivity index (χ3n) is 3.39. The Morgan fingerprint density at radius 2 is 1.82 bits per heavy atom. The van der Waals surface area contributed by atoms with E-state index in [0.29, 0.717) is 11.5 Å². The SMILES string of the molecule is COc1ccc(OCC(=O)OCC(=O)Nc2ccc([N+](=O)[O-])cc2C#N)cc1. The van der Waals surface area contributed by atoms with Gasteiger partial charge in [-0.3, -0.25) is 14.9 Å². The highest BCUT2D eigenvalue weighted by Crippen LogP contribution is 2.21. The van der Waals surface area contributed by atoms with Crippen LogP contribution in [0.4, 0.5) is 11.4 Å². The van der Waals surface area contributed by atoms with Gasteiger partial charge in [0.25, 0.3) is 11.6 Å². The van der Waals surface area contributed by atoms with Crippen molar-refractivity contribution in [3.63, 3.8) is 0 Å². The lowest BCUT2D eigenvalue weighted by Crippen LogP contribution is -2.24. The predicted molar refractivity (Wildman–Crippen MR) is 95.9 cm³/mol. The van der Waals surface area contributed by atoms with Crippen molar-refractivity contribution in [3.8, 4) is 17.6 Å². The lowest BCUT2D eigenvalue weighted by Gasteiger charge is -2.09. The largest absolute Gasteiger partial charge is 0.497 e. The minimum Gasteiger partial charge on any atom is -0.497 e. The van der Waals surface area contributed by atoms with E-state index in [9.17, 15) is 19.7 Å². The summed E-state index contributed by atoms with van der Waals surface area (Å²) in [7, 11) is 1.52. The summed E-state index contributed by atoms with van der Waals surface area (Å²) in [6.07, 6.45) is 0. The van der Waals surface area contributed by atoms with Crippen molar-refractivity contribution < 1.29 is 28.7 Å². The first kappa shape index (κ1) is 20.2. The predicted octanol–water partition coefficient (Wildman–Crippen LogP) is 2.04. The van der Waals surface area contributed by atoms with E-state index in [0.717, 1.165) is 12.1 Å². The molecule has 0 saturated heterocycles. The van der Waals surface area contributed by atoms with Gasteiger partial charge in [-0.15, -0.1) is 0 Å². The molecule has 0 saturated carbocycles. The third kappa shape index (κ3) is 5.70. The molecule has 2 rings (SSSR count). The van der Waals surface area contributed by atoms with E-state index in [1.807, 2.05) is 0 Å². The first-order valence-corrected chi connectivity index (χ1v) is 7.84. The maximum Gasteiger partial charge on any atom is 0.344 e. The minimum atomic E-state index is -0.768. The van der Waals surface area contributed by atoms with Gasteiger partial charge in [-0.2, -0.15) is 5.26 Å². The summed E-state index contributed by atoms with van der Waals surface area (Å²) in [6, 6.07) is 11.7. The molecule has 0 spiro atoms. The topological polar surface area (TPSA) is 141 Å². The molecule has 0 bridgehead atoms. The molecule has 144 valence electrons. The summed E-state index contributed by atoms with van der Waals surface area (Å²) >= 11 is 0. The summed E-state index contributed by atoms with van der Waals surface area (Å²) in [4.78, 5) is 33.6. The molecule has 0 fully saturated rings. The zero-order valence-corrected chi connectivity index (χ0v) is 14.7. The molecule has 2 aromatic rings. The molecule has 10 heteroatoms. The Morgan fingerprint density at radius 1 is 1.14 bits per heavy atom. The number of carbonyl (C=O) groups is 2. The van der Waals surface area contributed by atoms with Crippen LogP contribution >= 0.6 is 0 Å². The van der Waals surface area contributed by atoms with E-state index in [4.69, 9.17) is 19.5 Å². The zero-order chi connectivity index (χ0) is 20.5. The number of nitrogens with one attached hydrogen (secondary N) is 1. The van der Waals surface area contributed by atoms with Gasteiger partial charge in [0.05, 0.1) is 23.3 Å². The van der Waals surface area contributed by atoms with Crippen LogP contribution in [0.2, 0.25) is 0 Å². The van der Waals surface area contributed by atoms with Gasteiger partial charge in [0, 0.05) is 12.1 Å². The smallest absolute Gasteiger partial charge is 0.344 e. The number of nitrogens with zero attached hydrogens (tertiary/aromatic N) is 2. The monoisotopic (exact) mass is 385 g/mol. The molecule has 0 atom stereocenters. The van der Waals surface area contributed by atoms with Gasteiger partial charge in [-0.25, -0.2) is 4.79 Å². The molecule has 0 aromatic heterocycles. The normalized spacial score (nSPS) is 9.71. The quantitative estimate of drug-likeness (QED) is 0.413. The molecular formula is C18H15N3O7. The number of hydrogen-bond acceptors (Lipinski definition) is 8. The molecule has 1 amide bonds. The van der Waals surface area contributed by atoms with Crippen molar-refractivity contribution in [2.24, 2.45) is 0 Å². The fourth-order valence-electron chi connectivity index (χ4n) is 2.04. The Labute approximate surface area is 159 Å². The lowest BCUT2D eigenvalue weighted by molar-refractivity contribution is -0.384. The van der Waals surface area contributed by atoms with E-state index in [-0.39, 0.29) is 16.9 Å². The van der Waals surface area contributed by atoms with Gasteiger partial charge in [-0.05, 0) is 30.3 Å². The van der Waals surface area contributed by atoms with Crippen molar-refractivity contribution in [1.82, 2.24) is 0 Å². The van der Waals surface area contributed by atoms with Crippen LogP contribution in [0.25, 0.3) is 0 Å². The van der Waals surface area contributed by atoms with Crippen LogP contribution < -0.4 is 14.8 Å². The molecule has 2 aromatic carbocycles.